The van der Waals surface area contributed by atoms with Gasteiger partial charge in [-0.3, -0.25) is 9.36 Å². The van der Waals surface area contributed by atoms with E-state index in [4.69, 9.17) is 8.83 Å². The Bertz CT molecular complexity index is 927. The summed E-state index contributed by atoms with van der Waals surface area (Å²) in [6.45, 7) is 6.49. The summed E-state index contributed by atoms with van der Waals surface area (Å²) in [4.78, 5) is 27.9. The average Bonchev–Trinajstić information content (AvgIpc) is 3.12. The summed E-state index contributed by atoms with van der Waals surface area (Å²) in [7, 11) is 0. The van der Waals surface area contributed by atoms with Crippen LogP contribution in [0.1, 0.15) is 37.2 Å². The molecule has 0 unspecified atom stereocenters. The highest BCUT2D eigenvalue weighted by atomic mass is 16.4. The van der Waals surface area contributed by atoms with E-state index in [-0.39, 0.29) is 17.9 Å². The Morgan fingerprint density at radius 3 is 2.71 bits per heavy atom. The van der Waals surface area contributed by atoms with Gasteiger partial charge in [-0.15, -0.1) is 0 Å². The number of benzene rings is 1. The van der Waals surface area contributed by atoms with E-state index < -0.39 is 11.7 Å². The van der Waals surface area contributed by atoms with Crippen molar-refractivity contribution in [3.63, 3.8) is 0 Å². The van der Waals surface area contributed by atoms with Crippen LogP contribution in [0.2, 0.25) is 0 Å². The van der Waals surface area contributed by atoms with Crippen molar-refractivity contribution >= 4 is 17.0 Å². The molecule has 0 saturated carbocycles. The van der Waals surface area contributed by atoms with Gasteiger partial charge in [-0.2, -0.15) is 0 Å². The second-order valence-corrected chi connectivity index (χ2v) is 6.52. The summed E-state index contributed by atoms with van der Waals surface area (Å²) in [5, 5.41) is 2.70. The van der Waals surface area contributed by atoms with E-state index in [1.54, 1.807) is 24.4 Å². The third-order valence-corrected chi connectivity index (χ3v) is 3.63. The van der Waals surface area contributed by atoms with Crippen molar-refractivity contribution in [1.29, 1.82) is 0 Å². The van der Waals surface area contributed by atoms with E-state index in [9.17, 15) is 9.59 Å². The first-order valence-electron chi connectivity index (χ1n) is 7.69. The SMILES string of the molecule is CC(C)(C)c1cnc(C(=O)NCCn2c(=O)oc3ccccc32)o1. The van der Waals surface area contributed by atoms with Crippen LogP contribution in [-0.4, -0.2) is 22.0 Å². The van der Waals surface area contributed by atoms with E-state index in [0.29, 0.717) is 23.4 Å². The fourth-order valence-electron chi connectivity index (χ4n) is 2.31. The molecule has 0 spiro atoms. The van der Waals surface area contributed by atoms with Crippen molar-refractivity contribution < 1.29 is 13.6 Å². The van der Waals surface area contributed by atoms with Gasteiger partial charge in [0.2, 0.25) is 0 Å². The van der Waals surface area contributed by atoms with Crippen molar-refractivity contribution in [3.8, 4) is 0 Å². The molecule has 1 amide bonds. The Hall–Kier alpha value is -2.83. The largest absolute Gasteiger partial charge is 0.437 e. The Labute approximate surface area is 138 Å². The van der Waals surface area contributed by atoms with Crippen LogP contribution in [0.25, 0.3) is 11.1 Å². The highest BCUT2D eigenvalue weighted by Crippen LogP contribution is 2.22. The molecule has 1 aromatic carbocycles. The molecule has 24 heavy (non-hydrogen) atoms. The van der Waals surface area contributed by atoms with Gasteiger partial charge < -0.3 is 14.2 Å². The molecule has 0 fully saturated rings. The van der Waals surface area contributed by atoms with Crippen LogP contribution in [0.3, 0.4) is 0 Å². The van der Waals surface area contributed by atoms with Crippen molar-refractivity contribution in [3.05, 3.63) is 52.7 Å². The number of para-hydroxylation sites is 2. The molecule has 1 N–H and O–H groups in total. The van der Waals surface area contributed by atoms with Gasteiger partial charge in [-0.1, -0.05) is 32.9 Å². The second-order valence-electron chi connectivity index (χ2n) is 6.52. The highest BCUT2D eigenvalue weighted by Gasteiger charge is 2.21. The molecular weight excluding hydrogens is 310 g/mol. The molecule has 3 rings (SSSR count). The van der Waals surface area contributed by atoms with E-state index in [1.807, 2.05) is 26.8 Å². The predicted molar refractivity (Wildman–Crippen MR) is 88.0 cm³/mol. The van der Waals surface area contributed by atoms with E-state index in [2.05, 4.69) is 10.3 Å². The molecule has 7 heteroatoms. The molecular formula is C17H19N3O4. The standard InChI is InChI=1S/C17H19N3O4/c1-17(2,3)13-10-19-15(24-13)14(21)18-8-9-20-11-6-4-5-7-12(11)23-16(20)22/h4-7,10H,8-9H2,1-3H3,(H,18,21). The minimum Gasteiger partial charge on any atom is -0.437 e. The van der Waals surface area contributed by atoms with Gasteiger partial charge in [0.25, 0.3) is 5.89 Å². The summed E-state index contributed by atoms with van der Waals surface area (Å²) in [5.74, 6) is -0.197. The lowest BCUT2D eigenvalue weighted by molar-refractivity contribution is 0.0914. The lowest BCUT2D eigenvalue weighted by atomic mass is 9.94. The van der Waals surface area contributed by atoms with E-state index in [0.717, 1.165) is 0 Å². The van der Waals surface area contributed by atoms with Gasteiger partial charge >= 0.3 is 11.7 Å². The fraction of sp³-hybridized carbons (Fsp3) is 0.353. The van der Waals surface area contributed by atoms with Crippen LogP contribution in [0.5, 0.6) is 0 Å². The fourth-order valence-corrected chi connectivity index (χ4v) is 2.31. The van der Waals surface area contributed by atoms with Gasteiger partial charge in [-0.05, 0) is 12.1 Å². The first-order chi connectivity index (χ1) is 11.4. The minimum absolute atomic E-state index is 0.0179. The summed E-state index contributed by atoms with van der Waals surface area (Å²) in [6, 6.07) is 7.15. The summed E-state index contributed by atoms with van der Waals surface area (Å²) < 4.78 is 12.1. The number of oxazole rings is 2. The molecule has 0 aliphatic heterocycles. The first-order valence-corrected chi connectivity index (χ1v) is 7.69. The highest BCUT2D eigenvalue weighted by molar-refractivity contribution is 5.89. The van der Waals surface area contributed by atoms with Gasteiger partial charge in [0.1, 0.15) is 5.76 Å². The van der Waals surface area contributed by atoms with Crippen LogP contribution in [-0.2, 0) is 12.0 Å². The van der Waals surface area contributed by atoms with Crippen molar-refractivity contribution in [2.24, 2.45) is 0 Å². The zero-order valence-corrected chi connectivity index (χ0v) is 13.8. The molecule has 0 bridgehead atoms. The zero-order valence-electron chi connectivity index (χ0n) is 13.8. The Balaban J connectivity index is 1.66. The third kappa shape index (κ3) is 3.10. The molecule has 7 nitrogen and oxygen atoms in total. The smallest absolute Gasteiger partial charge is 0.420 e. The number of rotatable bonds is 4. The maximum atomic E-state index is 12.1. The topological polar surface area (TPSA) is 90.3 Å². The average molecular weight is 329 g/mol. The number of amides is 1. The molecule has 126 valence electrons. The maximum absolute atomic E-state index is 12.1. The number of carbonyl (C=O) groups is 1. The van der Waals surface area contributed by atoms with E-state index >= 15 is 0 Å². The lowest BCUT2D eigenvalue weighted by Crippen LogP contribution is -2.29. The van der Waals surface area contributed by atoms with Gasteiger partial charge in [0.05, 0.1) is 11.7 Å². The van der Waals surface area contributed by atoms with Crippen molar-refractivity contribution in [2.45, 2.75) is 32.7 Å². The van der Waals surface area contributed by atoms with Crippen molar-refractivity contribution in [2.75, 3.05) is 6.54 Å². The van der Waals surface area contributed by atoms with E-state index in [1.165, 1.54) is 4.57 Å². The van der Waals surface area contributed by atoms with Crippen LogP contribution in [0.4, 0.5) is 0 Å². The normalized spacial score (nSPS) is 11.8. The van der Waals surface area contributed by atoms with Gasteiger partial charge in [-0.25, -0.2) is 9.78 Å². The molecule has 0 atom stereocenters. The van der Waals surface area contributed by atoms with Crippen LogP contribution >= 0.6 is 0 Å². The number of carbonyl (C=O) groups excluding carboxylic acids is 1. The van der Waals surface area contributed by atoms with Crippen molar-refractivity contribution in [1.82, 2.24) is 14.9 Å². The Kier molecular flexibility index (Phi) is 4.01. The summed E-state index contributed by atoms with van der Waals surface area (Å²) in [6.07, 6.45) is 1.56. The molecule has 2 aromatic heterocycles. The quantitative estimate of drug-likeness (QED) is 0.793. The number of aromatic nitrogens is 2. The monoisotopic (exact) mass is 329 g/mol. The van der Waals surface area contributed by atoms with Crippen LogP contribution in [0, 0.1) is 0 Å². The summed E-state index contributed by atoms with van der Waals surface area (Å²) in [5.41, 5.74) is 1.01. The van der Waals surface area contributed by atoms with Gasteiger partial charge in [0, 0.05) is 18.5 Å². The molecule has 0 radical (unpaired) electrons. The second kappa shape index (κ2) is 5.99. The molecule has 3 aromatic rings. The number of nitrogens with one attached hydrogen (secondary N) is 1. The van der Waals surface area contributed by atoms with Crippen LogP contribution in [0.15, 0.2) is 44.1 Å². The number of fused-ring (bicyclic) bond motifs is 1. The predicted octanol–water partition coefficient (Wildman–Crippen LogP) is 2.31. The molecule has 0 aliphatic rings. The zero-order chi connectivity index (χ0) is 17.3. The van der Waals surface area contributed by atoms with Crippen LogP contribution < -0.4 is 11.1 Å². The number of nitrogens with zero attached hydrogens (tertiary/aromatic N) is 2. The summed E-state index contributed by atoms with van der Waals surface area (Å²) >= 11 is 0. The number of hydrogen-bond donors (Lipinski definition) is 1. The molecule has 2 heterocycles. The van der Waals surface area contributed by atoms with Gasteiger partial charge in [0.15, 0.2) is 5.58 Å². The Morgan fingerprint density at radius 1 is 1.25 bits per heavy atom. The first kappa shape index (κ1) is 16.0. The minimum atomic E-state index is -0.448. The molecule has 0 aliphatic carbocycles. The lowest BCUT2D eigenvalue weighted by Gasteiger charge is -2.12. The molecule has 0 saturated heterocycles. The maximum Gasteiger partial charge on any atom is 0.420 e. The number of hydrogen-bond acceptors (Lipinski definition) is 5. The Morgan fingerprint density at radius 2 is 2.00 bits per heavy atom. The third-order valence-electron chi connectivity index (χ3n) is 3.63.